The fourth-order valence-corrected chi connectivity index (χ4v) is 2.50. The first-order valence-electron chi connectivity index (χ1n) is 8.10. The lowest BCUT2D eigenvalue weighted by Gasteiger charge is -2.12. The second-order valence-corrected chi connectivity index (χ2v) is 5.97. The number of ether oxygens (including phenoxy) is 3. The monoisotopic (exact) mass is 340 g/mol. The van der Waals surface area contributed by atoms with Gasteiger partial charge in [-0.15, -0.1) is 0 Å². The van der Waals surface area contributed by atoms with Crippen molar-refractivity contribution in [1.29, 1.82) is 0 Å². The van der Waals surface area contributed by atoms with Gasteiger partial charge in [-0.1, -0.05) is 23.8 Å². The molecule has 0 saturated heterocycles. The molecule has 0 fully saturated rings. The Hall–Kier alpha value is -2.59. The van der Waals surface area contributed by atoms with E-state index >= 15 is 0 Å². The fraction of sp³-hybridized carbons (Fsp3) is 0.286. The van der Waals surface area contributed by atoms with E-state index in [0.717, 1.165) is 28.0 Å². The van der Waals surface area contributed by atoms with Crippen molar-refractivity contribution in [2.75, 3.05) is 21.0 Å². The average Bonchev–Trinajstić information content (AvgIpc) is 2.60. The number of allylic oxidation sites excluding steroid dienone is 2. The first-order valence-corrected chi connectivity index (χ1v) is 8.10. The molecule has 2 rings (SSSR count). The molecule has 132 valence electrons. The third-order valence-corrected chi connectivity index (χ3v) is 3.63. The summed E-state index contributed by atoms with van der Waals surface area (Å²) in [7, 11) is 3.21. The van der Waals surface area contributed by atoms with Crippen molar-refractivity contribution in [3.05, 3.63) is 59.7 Å². The molecule has 0 bridgehead atoms. The van der Waals surface area contributed by atoms with Gasteiger partial charge in [0.15, 0.2) is 12.6 Å². The number of carbonyl (C=O) groups is 1. The van der Waals surface area contributed by atoms with E-state index in [0.29, 0.717) is 5.75 Å². The highest BCUT2D eigenvalue weighted by atomic mass is 16.7. The molecule has 0 radical (unpaired) electrons. The van der Waals surface area contributed by atoms with E-state index in [1.165, 1.54) is 0 Å². The van der Waals surface area contributed by atoms with Crippen molar-refractivity contribution in [1.82, 2.24) is 0 Å². The summed E-state index contributed by atoms with van der Waals surface area (Å²) < 4.78 is 15.8. The van der Waals surface area contributed by atoms with Crippen LogP contribution in [0.5, 0.6) is 11.5 Å². The zero-order chi connectivity index (χ0) is 18.2. The number of hydrogen-bond donors (Lipinski definition) is 0. The largest absolute Gasteiger partial charge is 0.497 e. The van der Waals surface area contributed by atoms with Crippen LogP contribution in [0.1, 0.15) is 19.4 Å². The summed E-state index contributed by atoms with van der Waals surface area (Å²) in [6, 6.07) is 13.7. The SMILES string of the molecule is COCOc1ccc(-c2ccc(OC)cc2)cc1CC(=O)C=C(C)C. The van der Waals surface area contributed by atoms with Crippen molar-refractivity contribution < 1.29 is 19.0 Å². The summed E-state index contributed by atoms with van der Waals surface area (Å²) in [5, 5.41) is 0. The summed E-state index contributed by atoms with van der Waals surface area (Å²) in [6.07, 6.45) is 1.94. The molecule has 0 spiro atoms. The van der Waals surface area contributed by atoms with E-state index in [-0.39, 0.29) is 19.0 Å². The van der Waals surface area contributed by atoms with Crippen LogP contribution in [0, 0.1) is 0 Å². The molecule has 0 atom stereocenters. The molecule has 0 unspecified atom stereocenters. The van der Waals surface area contributed by atoms with Crippen LogP contribution in [0.25, 0.3) is 11.1 Å². The third kappa shape index (κ3) is 5.47. The van der Waals surface area contributed by atoms with Crippen molar-refractivity contribution in [3.8, 4) is 22.6 Å². The number of benzene rings is 2. The van der Waals surface area contributed by atoms with Gasteiger partial charge in [-0.25, -0.2) is 0 Å². The Labute approximate surface area is 149 Å². The van der Waals surface area contributed by atoms with Gasteiger partial charge >= 0.3 is 0 Å². The second kappa shape index (κ2) is 9.04. The Bertz CT molecular complexity index is 741. The van der Waals surface area contributed by atoms with Crippen molar-refractivity contribution in [2.24, 2.45) is 0 Å². The molecule has 4 heteroatoms. The van der Waals surface area contributed by atoms with Gasteiger partial charge in [-0.3, -0.25) is 4.79 Å². The Morgan fingerprint density at radius 2 is 1.68 bits per heavy atom. The summed E-state index contributed by atoms with van der Waals surface area (Å²) in [6.45, 7) is 3.97. The number of rotatable bonds is 8. The molecular formula is C21H24O4. The highest BCUT2D eigenvalue weighted by Crippen LogP contribution is 2.28. The van der Waals surface area contributed by atoms with Crippen LogP contribution in [0.3, 0.4) is 0 Å². The van der Waals surface area contributed by atoms with Gasteiger partial charge in [-0.2, -0.15) is 0 Å². The standard InChI is InChI=1S/C21H24O4/c1-15(2)11-19(22)13-18-12-17(7-10-21(18)25-14-23-3)16-5-8-20(24-4)9-6-16/h5-12H,13-14H2,1-4H3. The maximum atomic E-state index is 12.2. The molecule has 4 nitrogen and oxygen atoms in total. The summed E-state index contributed by atoms with van der Waals surface area (Å²) in [5.74, 6) is 1.52. The van der Waals surface area contributed by atoms with Gasteiger partial charge in [0.25, 0.3) is 0 Å². The molecule has 0 heterocycles. The second-order valence-electron chi connectivity index (χ2n) is 5.97. The Kier molecular flexibility index (Phi) is 6.78. The summed E-state index contributed by atoms with van der Waals surface area (Å²) in [5.41, 5.74) is 3.89. The van der Waals surface area contributed by atoms with Crippen LogP contribution >= 0.6 is 0 Å². The number of carbonyl (C=O) groups excluding carboxylic acids is 1. The topological polar surface area (TPSA) is 44.8 Å². The maximum absolute atomic E-state index is 12.2. The van der Waals surface area contributed by atoms with Crippen molar-refractivity contribution >= 4 is 5.78 Å². The van der Waals surface area contributed by atoms with Crippen LogP contribution in [-0.2, 0) is 16.0 Å². The smallest absolute Gasteiger partial charge is 0.188 e. The molecule has 25 heavy (non-hydrogen) atoms. The average molecular weight is 340 g/mol. The van der Waals surface area contributed by atoms with E-state index < -0.39 is 0 Å². The molecule has 0 aliphatic heterocycles. The van der Waals surface area contributed by atoms with Crippen LogP contribution in [0.15, 0.2) is 54.1 Å². The maximum Gasteiger partial charge on any atom is 0.188 e. The van der Waals surface area contributed by atoms with Crippen LogP contribution in [0.4, 0.5) is 0 Å². The zero-order valence-corrected chi connectivity index (χ0v) is 15.2. The van der Waals surface area contributed by atoms with E-state index in [4.69, 9.17) is 14.2 Å². The van der Waals surface area contributed by atoms with Gasteiger partial charge in [0.05, 0.1) is 7.11 Å². The molecule has 2 aromatic rings. The van der Waals surface area contributed by atoms with Gasteiger partial charge < -0.3 is 14.2 Å². The van der Waals surface area contributed by atoms with E-state index in [2.05, 4.69) is 0 Å². The predicted molar refractivity (Wildman–Crippen MR) is 99.1 cm³/mol. The minimum atomic E-state index is 0.0501. The molecular weight excluding hydrogens is 316 g/mol. The lowest BCUT2D eigenvalue weighted by atomic mass is 9.99. The zero-order valence-electron chi connectivity index (χ0n) is 15.2. The quantitative estimate of drug-likeness (QED) is 0.527. The van der Waals surface area contributed by atoms with Gasteiger partial charge in [-0.05, 0) is 55.3 Å². The number of ketones is 1. The number of methoxy groups -OCH3 is 2. The highest BCUT2D eigenvalue weighted by Gasteiger charge is 2.10. The lowest BCUT2D eigenvalue weighted by molar-refractivity contribution is -0.114. The first kappa shape index (κ1) is 18.7. The van der Waals surface area contributed by atoms with Gasteiger partial charge in [0.2, 0.25) is 0 Å². The molecule has 2 aromatic carbocycles. The minimum absolute atomic E-state index is 0.0501. The Morgan fingerprint density at radius 1 is 1.00 bits per heavy atom. The van der Waals surface area contributed by atoms with Crippen LogP contribution in [0.2, 0.25) is 0 Å². The molecule has 0 aromatic heterocycles. The van der Waals surface area contributed by atoms with Gasteiger partial charge in [0, 0.05) is 19.1 Å². The minimum Gasteiger partial charge on any atom is -0.497 e. The molecule has 0 aliphatic rings. The predicted octanol–water partition coefficient (Wildman–Crippen LogP) is 4.42. The van der Waals surface area contributed by atoms with E-state index in [9.17, 15) is 4.79 Å². The molecule has 0 saturated carbocycles. The van der Waals surface area contributed by atoms with Crippen molar-refractivity contribution in [2.45, 2.75) is 20.3 Å². The number of hydrogen-bond acceptors (Lipinski definition) is 4. The third-order valence-electron chi connectivity index (χ3n) is 3.63. The Balaban J connectivity index is 2.34. The fourth-order valence-electron chi connectivity index (χ4n) is 2.50. The molecule has 0 amide bonds. The highest BCUT2D eigenvalue weighted by molar-refractivity contribution is 5.92. The van der Waals surface area contributed by atoms with Crippen LogP contribution < -0.4 is 9.47 Å². The lowest BCUT2D eigenvalue weighted by Crippen LogP contribution is -2.05. The van der Waals surface area contributed by atoms with Crippen molar-refractivity contribution in [3.63, 3.8) is 0 Å². The van der Waals surface area contributed by atoms with E-state index in [1.54, 1.807) is 20.3 Å². The summed E-state index contributed by atoms with van der Waals surface area (Å²) >= 11 is 0. The van der Waals surface area contributed by atoms with E-state index in [1.807, 2.05) is 56.3 Å². The van der Waals surface area contributed by atoms with Gasteiger partial charge in [0.1, 0.15) is 11.5 Å². The molecule has 0 N–H and O–H groups in total. The van der Waals surface area contributed by atoms with Crippen LogP contribution in [-0.4, -0.2) is 26.8 Å². The first-order chi connectivity index (χ1) is 12.0. The normalized spacial score (nSPS) is 10.2. The summed E-state index contributed by atoms with van der Waals surface area (Å²) in [4.78, 5) is 12.2. The molecule has 0 aliphatic carbocycles. The Morgan fingerprint density at radius 3 is 2.28 bits per heavy atom.